The molecule has 0 saturated carbocycles. The normalized spacial score (nSPS) is 11.5. The molecule has 1 aromatic rings. The molecular weight excluding hydrogens is 224 g/mol. The second kappa shape index (κ2) is 6.42. The van der Waals surface area contributed by atoms with Gasteiger partial charge in [-0.1, -0.05) is 17.7 Å². The first kappa shape index (κ1) is 12.9. The molecule has 16 heavy (non-hydrogen) atoms. The molecule has 1 rings (SSSR count). The Balaban J connectivity index is 2.80. The van der Waals surface area contributed by atoms with Gasteiger partial charge < -0.3 is 9.84 Å². The van der Waals surface area contributed by atoms with Gasteiger partial charge in [0.05, 0.1) is 13.2 Å². The maximum absolute atomic E-state index is 9.96. The summed E-state index contributed by atoms with van der Waals surface area (Å²) in [6, 6.07) is 5.23. The van der Waals surface area contributed by atoms with Crippen LogP contribution in [0.2, 0.25) is 5.02 Å². The van der Waals surface area contributed by atoms with Gasteiger partial charge >= 0.3 is 0 Å². The van der Waals surface area contributed by atoms with Gasteiger partial charge in [0.2, 0.25) is 0 Å². The monoisotopic (exact) mass is 238 g/mol. The third-order valence-electron chi connectivity index (χ3n) is 2.27. The lowest BCUT2D eigenvalue weighted by Gasteiger charge is -2.13. The second-order valence-electron chi connectivity index (χ2n) is 3.37. The van der Waals surface area contributed by atoms with Crippen LogP contribution in [0.5, 0.6) is 5.75 Å². The number of aliphatic hydroxyl groups is 1. The highest BCUT2D eigenvalue weighted by Gasteiger charge is 2.12. The van der Waals surface area contributed by atoms with Gasteiger partial charge in [0.25, 0.3) is 0 Å². The number of hydrogen-bond donors (Lipinski definition) is 1. The fraction of sp³-hybridized carbons (Fsp3) is 0.385. The first-order valence-corrected chi connectivity index (χ1v) is 5.48. The third-order valence-corrected chi connectivity index (χ3v) is 2.51. The van der Waals surface area contributed by atoms with E-state index in [9.17, 15) is 5.11 Å². The number of rotatable bonds is 4. The molecule has 0 spiro atoms. The molecule has 1 N–H and O–H groups in total. The van der Waals surface area contributed by atoms with Gasteiger partial charge in [-0.3, -0.25) is 0 Å². The lowest BCUT2D eigenvalue weighted by atomic mass is 10.0. The molecule has 1 unspecified atom stereocenters. The van der Waals surface area contributed by atoms with E-state index in [1.54, 1.807) is 32.2 Å². The predicted octanol–water partition coefficient (Wildman–Crippen LogP) is 3.19. The highest BCUT2D eigenvalue weighted by molar-refractivity contribution is 6.30. The van der Waals surface area contributed by atoms with E-state index in [0.29, 0.717) is 23.6 Å². The zero-order valence-corrected chi connectivity index (χ0v) is 10.2. The van der Waals surface area contributed by atoms with E-state index < -0.39 is 6.10 Å². The van der Waals surface area contributed by atoms with Crippen molar-refractivity contribution in [3.05, 3.63) is 28.8 Å². The van der Waals surface area contributed by atoms with Crippen LogP contribution in [0.4, 0.5) is 0 Å². The zero-order valence-electron chi connectivity index (χ0n) is 9.46. The Labute approximate surface area is 101 Å². The Morgan fingerprint density at radius 2 is 2.25 bits per heavy atom. The minimum Gasteiger partial charge on any atom is -0.496 e. The molecule has 3 heteroatoms. The maximum Gasteiger partial charge on any atom is 0.126 e. The van der Waals surface area contributed by atoms with Gasteiger partial charge in [0, 0.05) is 17.0 Å². The summed E-state index contributed by atoms with van der Waals surface area (Å²) < 4.78 is 5.17. The molecular formula is C13H15ClO2. The van der Waals surface area contributed by atoms with Crippen molar-refractivity contribution < 1.29 is 9.84 Å². The fourth-order valence-electron chi connectivity index (χ4n) is 1.45. The molecule has 0 aromatic heterocycles. The van der Waals surface area contributed by atoms with Crippen LogP contribution in [-0.2, 0) is 0 Å². The van der Waals surface area contributed by atoms with E-state index in [-0.39, 0.29) is 0 Å². The Hall–Kier alpha value is -1.17. The van der Waals surface area contributed by atoms with E-state index in [0.717, 1.165) is 5.56 Å². The SMILES string of the molecule is CC#CCCC(O)c1ccc(Cl)cc1OC. The number of aliphatic hydroxyl groups excluding tert-OH is 1. The van der Waals surface area contributed by atoms with Crippen LogP contribution in [0.25, 0.3) is 0 Å². The summed E-state index contributed by atoms with van der Waals surface area (Å²) in [6.07, 6.45) is 0.704. The van der Waals surface area contributed by atoms with Gasteiger partial charge in [0.1, 0.15) is 5.75 Å². The van der Waals surface area contributed by atoms with Crippen molar-refractivity contribution >= 4 is 11.6 Å². The van der Waals surface area contributed by atoms with Gasteiger partial charge in [-0.05, 0) is 25.5 Å². The Kier molecular flexibility index (Phi) is 5.18. The highest BCUT2D eigenvalue weighted by atomic mass is 35.5. The quantitative estimate of drug-likeness (QED) is 0.817. The average Bonchev–Trinajstić information content (AvgIpc) is 2.29. The van der Waals surface area contributed by atoms with Crippen molar-refractivity contribution in [3.63, 3.8) is 0 Å². The summed E-state index contributed by atoms with van der Waals surface area (Å²) in [6.45, 7) is 1.79. The Bertz CT molecular complexity index is 404. The Morgan fingerprint density at radius 1 is 1.50 bits per heavy atom. The number of benzene rings is 1. The van der Waals surface area contributed by atoms with E-state index in [4.69, 9.17) is 16.3 Å². The molecule has 0 heterocycles. The minimum absolute atomic E-state index is 0.562. The number of hydrogen-bond acceptors (Lipinski definition) is 2. The molecule has 0 aliphatic carbocycles. The molecule has 1 aromatic carbocycles. The van der Waals surface area contributed by atoms with Crippen molar-refractivity contribution in [2.75, 3.05) is 7.11 Å². The van der Waals surface area contributed by atoms with E-state index in [1.165, 1.54) is 0 Å². The van der Waals surface area contributed by atoms with Gasteiger partial charge in [-0.25, -0.2) is 0 Å². The zero-order chi connectivity index (χ0) is 12.0. The summed E-state index contributed by atoms with van der Waals surface area (Å²) in [4.78, 5) is 0. The molecule has 0 saturated heterocycles. The van der Waals surface area contributed by atoms with E-state index in [1.807, 2.05) is 0 Å². The molecule has 0 amide bonds. The first-order valence-electron chi connectivity index (χ1n) is 5.10. The summed E-state index contributed by atoms with van der Waals surface area (Å²) in [7, 11) is 1.56. The van der Waals surface area contributed by atoms with Crippen LogP contribution in [0.3, 0.4) is 0 Å². The molecule has 0 bridgehead atoms. The number of halogens is 1. The summed E-state index contributed by atoms with van der Waals surface area (Å²) in [5.74, 6) is 6.33. The topological polar surface area (TPSA) is 29.5 Å². The highest BCUT2D eigenvalue weighted by Crippen LogP contribution is 2.30. The van der Waals surface area contributed by atoms with Crippen molar-refractivity contribution in [1.29, 1.82) is 0 Å². The molecule has 0 aliphatic heterocycles. The van der Waals surface area contributed by atoms with Crippen LogP contribution in [0.1, 0.15) is 31.4 Å². The Morgan fingerprint density at radius 3 is 2.88 bits per heavy atom. The van der Waals surface area contributed by atoms with Crippen molar-refractivity contribution in [3.8, 4) is 17.6 Å². The van der Waals surface area contributed by atoms with E-state index in [2.05, 4.69) is 11.8 Å². The smallest absolute Gasteiger partial charge is 0.126 e. The number of ether oxygens (including phenoxy) is 1. The second-order valence-corrected chi connectivity index (χ2v) is 3.80. The maximum atomic E-state index is 9.96. The number of methoxy groups -OCH3 is 1. The fourth-order valence-corrected chi connectivity index (χ4v) is 1.61. The summed E-state index contributed by atoms with van der Waals surface area (Å²) in [5.41, 5.74) is 0.754. The largest absolute Gasteiger partial charge is 0.496 e. The molecule has 1 atom stereocenters. The van der Waals surface area contributed by atoms with E-state index >= 15 is 0 Å². The van der Waals surface area contributed by atoms with Gasteiger partial charge in [-0.2, -0.15) is 0 Å². The van der Waals surface area contributed by atoms with Gasteiger partial charge in [-0.15, -0.1) is 11.8 Å². The van der Waals surface area contributed by atoms with Crippen molar-refractivity contribution in [1.82, 2.24) is 0 Å². The molecule has 86 valence electrons. The van der Waals surface area contributed by atoms with Crippen LogP contribution in [0.15, 0.2) is 18.2 Å². The molecule has 0 radical (unpaired) electrons. The van der Waals surface area contributed by atoms with Crippen LogP contribution in [-0.4, -0.2) is 12.2 Å². The standard InChI is InChI=1S/C13H15ClO2/c1-3-4-5-6-12(15)11-8-7-10(14)9-13(11)16-2/h7-9,12,15H,5-6H2,1-2H3. The first-order chi connectivity index (χ1) is 7.69. The predicted molar refractivity (Wildman–Crippen MR) is 65.6 cm³/mol. The third kappa shape index (κ3) is 3.44. The van der Waals surface area contributed by atoms with Crippen LogP contribution in [0, 0.1) is 11.8 Å². The van der Waals surface area contributed by atoms with Crippen molar-refractivity contribution in [2.45, 2.75) is 25.9 Å². The van der Waals surface area contributed by atoms with Gasteiger partial charge in [0.15, 0.2) is 0 Å². The minimum atomic E-state index is -0.562. The molecule has 0 fully saturated rings. The van der Waals surface area contributed by atoms with Crippen LogP contribution < -0.4 is 4.74 Å². The summed E-state index contributed by atoms with van der Waals surface area (Å²) in [5, 5.41) is 10.6. The summed E-state index contributed by atoms with van der Waals surface area (Å²) >= 11 is 5.84. The lowest BCUT2D eigenvalue weighted by Crippen LogP contribution is -2.00. The molecule has 0 aliphatic rings. The average molecular weight is 239 g/mol. The lowest BCUT2D eigenvalue weighted by molar-refractivity contribution is 0.165. The van der Waals surface area contributed by atoms with Crippen LogP contribution >= 0.6 is 11.6 Å². The van der Waals surface area contributed by atoms with Crippen molar-refractivity contribution in [2.24, 2.45) is 0 Å². The molecule has 2 nitrogen and oxygen atoms in total.